The van der Waals surface area contributed by atoms with E-state index in [9.17, 15) is 9.59 Å². The maximum atomic E-state index is 12.2. The van der Waals surface area contributed by atoms with Crippen LogP contribution in [-0.2, 0) is 9.47 Å². The Morgan fingerprint density at radius 3 is 1.46 bits per heavy atom. The second kappa shape index (κ2) is 8.81. The molecule has 6 heteroatoms. The van der Waals surface area contributed by atoms with Crippen LogP contribution in [0.1, 0.15) is 61.3 Å². The number of carbonyl (C=O) groups is 2. The molecule has 0 amide bonds. The van der Waals surface area contributed by atoms with Gasteiger partial charge in [0.25, 0.3) is 0 Å². The van der Waals surface area contributed by atoms with E-state index in [4.69, 9.17) is 9.47 Å². The molecule has 0 bridgehead atoms. The Hall–Kier alpha value is -1.14. The Labute approximate surface area is 155 Å². The largest absolute Gasteiger partial charge is 0.462 e. The quantitative estimate of drug-likeness (QED) is 0.532. The maximum Gasteiger partial charge on any atom is 0.339 e. The molecule has 0 saturated carbocycles. The fourth-order valence-corrected chi connectivity index (χ4v) is 1.96. The predicted molar refractivity (Wildman–Crippen MR) is 102 cm³/mol. The van der Waals surface area contributed by atoms with Crippen molar-refractivity contribution in [2.24, 2.45) is 0 Å². The van der Waals surface area contributed by atoms with Crippen LogP contribution in [-0.4, -0.2) is 34.6 Å². The molecule has 1 aromatic carbocycles. The van der Waals surface area contributed by atoms with Crippen LogP contribution in [0.2, 0.25) is 0 Å². The molecule has 0 heterocycles. The molecule has 0 unspecified atom stereocenters. The number of rotatable bonds is 8. The number of esters is 2. The molecule has 0 aliphatic carbocycles. The highest BCUT2D eigenvalue weighted by Gasteiger charge is 2.21. The highest BCUT2D eigenvalue weighted by molar-refractivity contribution is 7.81. The first-order valence-electron chi connectivity index (χ1n) is 7.88. The number of ether oxygens (including phenoxy) is 2. The molecule has 0 radical (unpaired) electrons. The summed E-state index contributed by atoms with van der Waals surface area (Å²) in [6.45, 7) is 8.26. The van der Waals surface area contributed by atoms with Crippen LogP contribution < -0.4 is 0 Å². The van der Waals surface area contributed by atoms with Gasteiger partial charge in [-0.1, -0.05) is 39.8 Å². The SMILES string of the molecule is CC(C)(S)CCOC(=O)c1ccccc1C(=O)OCCC(C)(C)S. The van der Waals surface area contributed by atoms with Gasteiger partial charge in [0.15, 0.2) is 0 Å². The van der Waals surface area contributed by atoms with Gasteiger partial charge in [-0.15, -0.1) is 0 Å². The second-order valence-corrected chi connectivity index (χ2v) is 9.36. The first-order chi connectivity index (χ1) is 11.0. The number of hydrogen-bond acceptors (Lipinski definition) is 6. The Kier molecular flexibility index (Phi) is 7.67. The Morgan fingerprint density at radius 2 is 1.17 bits per heavy atom. The van der Waals surface area contributed by atoms with Gasteiger partial charge in [-0.3, -0.25) is 0 Å². The van der Waals surface area contributed by atoms with Gasteiger partial charge in [-0.25, -0.2) is 9.59 Å². The predicted octanol–water partition coefficient (Wildman–Crippen LogP) is 4.20. The van der Waals surface area contributed by atoms with Crippen LogP contribution in [0.4, 0.5) is 0 Å². The standard InChI is InChI=1S/C18H26O4S2/c1-17(2,23)9-11-21-15(19)13-7-5-6-8-14(13)16(20)22-12-10-18(3,4)24/h5-8,23-24H,9-12H2,1-4H3. The van der Waals surface area contributed by atoms with E-state index in [1.807, 2.05) is 27.7 Å². The van der Waals surface area contributed by atoms with Crippen LogP contribution in [0.25, 0.3) is 0 Å². The minimum Gasteiger partial charge on any atom is -0.462 e. The summed E-state index contributed by atoms with van der Waals surface area (Å²) in [5.41, 5.74) is 0.425. The van der Waals surface area contributed by atoms with Gasteiger partial charge in [0, 0.05) is 9.49 Å². The van der Waals surface area contributed by atoms with Gasteiger partial charge in [-0.2, -0.15) is 25.3 Å². The molecule has 0 aliphatic heterocycles. The molecule has 0 fully saturated rings. The van der Waals surface area contributed by atoms with Crippen molar-refractivity contribution in [2.45, 2.75) is 50.0 Å². The third-order valence-electron chi connectivity index (χ3n) is 3.26. The molecule has 1 aromatic rings. The monoisotopic (exact) mass is 370 g/mol. The van der Waals surface area contributed by atoms with E-state index in [0.29, 0.717) is 12.8 Å². The summed E-state index contributed by atoms with van der Waals surface area (Å²) < 4.78 is 10.0. The first-order valence-corrected chi connectivity index (χ1v) is 8.77. The van der Waals surface area contributed by atoms with E-state index in [1.54, 1.807) is 24.3 Å². The van der Waals surface area contributed by atoms with Crippen molar-refractivity contribution in [1.29, 1.82) is 0 Å². The molecule has 4 nitrogen and oxygen atoms in total. The summed E-state index contributed by atoms with van der Waals surface area (Å²) in [6, 6.07) is 6.50. The van der Waals surface area contributed by atoms with Crippen LogP contribution >= 0.6 is 25.3 Å². The Balaban J connectivity index is 2.69. The van der Waals surface area contributed by atoms with Gasteiger partial charge < -0.3 is 9.47 Å². The summed E-state index contributed by atoms with van der Waals surface area (Å²) in [4.78, 5) is 24.4. The lowest BCUT2D eigenvalue weighted by molar-refractivity contribution is 0.0445. The molecular weight excluding hydrogens is 344 g/mol. The third kappa shape index (κ3) is 8.11. The van der Waals surface area contributed by atoms with Crippen molar-refractivity contribution in [2.75, 3.05) is 13.2 Å². The fourth-order valence-electron chi connectivity index (χ4n) is 1.78. The lowest BCUT2D eigenvalue weighted by Crippen LogP contribution is -2.20. The maximum absolute atomic E-state index is 12.2. The normalized spacial score (nSPS) is 11.9. The molecule has 0 saturated heterocycles. The van der Waals surface area contributed by atoms with E-state index in [2.05, 4.69) is 25.3 Å². The minimum atomic E-state index is -0.533. The molecule has 0 aromatic heterocycles. The van der Waals surface area contributed by atoms with Crippen molar-refractivity contribution in [1.82, 2.24) is 0 Å². The Bertz CT molecular complexity index is 520. The highest BCUT2D eigenvalue weighted by atomic mass is 32.1. The van der Waals surface area contributed by atoms with Crippen molar-refractivity contribution in [3.8, 4) is 0 Å². The van der Waals surface area contributed by atoms with Crippen LogP contribution in [0.15, 0.2) is 24.3 Å². The smallest absolute Gasteiger partial charge is 0.339 e. The van der Waals surface area contributed by atoms with Crippen molar-refractivity contribution in [3.63, 3.8) is 0 Å². The van der Waals surface area contributed by atoms with Gasteiger partial charge in [0.2, 0.25) is 0 Å². The van der Waals surface area contributed by atoms with Gasteiger partial charge in [0.05, 0.1) is 24.3 Å². The van der Waals surface area contributed by atoms with Crippen molar-refractivity contribution in [3.05, 3.63) is 35.4 Å². The Morgan fingerprint density at radius 1 is 0.833 bits per heavy atom. The molecular formula is C18H26O4S2. The van der Waals surface area contributed by atoms with Crippen molar-refractivity contribution < 1.29 is 19.1 Å². The summed E-state index contributed by atoms with van der Waals surface area (Å²) in [5, 5.41) is 0. The molecule has 134 valence electrons. The van der Waals surface area contributed by atoms with E-state index in [-0.39, 0.29) is 33.8 Å². The molecule has 24 heavy (non-hydrogen) atoms. The number of benzene rings is 1. The topological polar surface area (TPSA) is 52.6 Å². The summed E-state index contributed by atoms with van der Waals surface area (Å²) in [5.74, 6) is -1.07. The van der Waals surface area contributed by atoms with Crippen LogP contribution in [0.5, 0.6) is 0 Å². The zero-order chi connectivity index (χ0) is 18.4. The number of thiol groups is 2. The number of hydrogen-bond donors (Lipinski definition) is 2. The molecule has 0 aliphatic rings. The molecule has 0 spiro atoms. The van der Waals surface area contributed by atoms with Crippen molar-refractivity contribution >= 4 is 37.2 Å². The molecule has 1 rings (SSSR count). The van der Waals surface area contributed by atoms with E-state index in [0.717, 1.165) is 0 Å². The summed E-state index contributed by atoms with van der Waals surface area (Å²) in [7, 11) is 0. The van der Waals surface area contributed by atoms with Crippen LogP contribution in [0, 0.1) is 0 Å². The van der Waals surface area contributed by atoms with E-state index < -0.39 is 11.9 Å². The lowest BCUT2D eigenvalue weighted by atomic mass is 10.1. The zero-order valence-corrected chi connectivity index (χ0v) is 16.5. The third-order valence-corrected chi connectivity index (χ3v) is 3.71. The molecule has 0 N–H and O–H groups in total. The zero-order valence-electron chi connectivity index (χ0n) is 14.7. The van der Waals surface area contributed by atoms with Gasteiger partial charge in [-0.05, 0) is 25.0 Å². The average molecular weight is 371 g/mol. The van der Waals surface area contributed by atoms with E-state index >= 15 is 0 Å². The average Bonchev–Trinajstić information content (AvgIpc) is 2.44. The second-order valence-electron chi connectivity index (χ2n) is 6.94. The van der Waals surface area contributed by atoms with Gasteiger partial charge in [0.1, 0.15) is 0 Å². The lowest BCUT2D eigenvalue weighted by Gasteiger charge is -2.18. The number of carbonyl (C=O) groups excluding carboxylic acids is 2. The summed E-state index contributed by atoms with van der Waals surface area (Å²) >= 11 is 8.77. The first kappa shape index (κ1) is 20.9. The fraction of sp³-hybridized carbons (Fsp3) is 0.556. The van der Waals surface area contributed by atoms with Crippen LogP contribution in [0.3, 0.4) is 0 Å². The van der Waals surface area contributed by atoms with Gasteiger partial charge >= 0.3 is 11.9 Å². The minimum absolute atomic E-state index is 0.213. The van der Waals surface area contributed by atoms with E-state index in [1.165, 1.54) is 0 Å². The highest BCUT2D eigenvalue weighted by Crippen LogP contribution is 2.19. The molecule has 0 atom stereocenters. The summed E-state index contributed by atoms with van der Waals surface area (Å²) in [6.07, 6.45) is 1.23.